The summed E-state index contributed by atoms with van der Waals surface area (Å²) in [5.41, 5.74) is 0.937. The Morgan fingerprint density at radius 2 is 2.06 bits per heavy atom. The molecule has 2 heterocycles. The summed E-state index contributed by atoms with van der Waals surface area (Å²) in [6.45, 7) is 1.96. The molecule has 2 aromatic heterocycles. The van der Waals surface area contributed by atoms with Crippen LogP contribution in [0.3, 0.4) is 0 Å². The fourth-order valence-electron chi connectivity index (χ4n) is 1.69. The first kappa shape index (κ1) is 11.0. The summed E-state index contributed by atoms with van der Waals surface area (Å²) in [6.07, 6.45) is 4.19. The molecule has 0 radical (unpaired) electrons. The van der Waals surface area contributed by atoms with E-state index in [1.54, 1.807) is 6.20 Å². The van der Waals surface area contributed by atoms with Crippen molar-refractivity contribution >= 4 is 17.6 Å². The van der Waals surface area contributed by atoms with Crippen LogP contribution in [0, 0.1) is 6.92 Å². The summed E-state index contributed by atoms with van der Waals surface area (Å²) in [5.74, 6) is 2.21. The van der Waals surface area contributed by atoms with E-state index in [-0.39, 0.29) is 0 Å². The molecule has 1 aliphatic rings. The Hall–Kier alpha value is -2.17. The quantitative estimate of drug-likeness (QED) is 0.861. The van der Waals surface area contributed by atoms with Crippen LogP contribution in [-0.4, -0.2) is 21.0 Å². The Balaban J connectivity index is 1.80. The van der Waals surface area contributed by atoms with Crippen molar-refractivity contribution in [3.63, 3.8) is 0 Å². The van der Waals surface area contributed by atoms with Crippen LogP contribution in [-0.2, 0) is 0 Å². The molecule has 0 aliphatic heterocycles. The number of aromatic nitrogens is 3. The molecule has 3 rings (SSSR count). The second-order valence-corrected chi connectivity index (χ2v) is 4.48. The molecule has 0 aromatic carbocycles. The summed E-state index contributed by atoms with van der Waals surface area (Å²) >= 11 is 0. The number of hydrogen-bond donors (Lipinski definition) is 2. The van der Waals surface area contributed by atoms with Crippen molar-refractivity contribution in [3.8, 4) is 0 Å². The molecule has 1 fully saturated rings. The number of hydrogen-bond acceptors (Lipinski definition) is 5. The van der Waals surface area contributed by atoms with E-state index in [2.05, 4.69) is 25.6 Å². The van der Waals surface area contributed by atoms with Gasteiger partial charge in [-0.1, -0.05) is 6.07 Å². The van der Waals surface area contributed by atoms with Crippen molar-refractivity contribution < 1.29 is 0 Å². The van der Waals surface area contributed by atoms with Crippen molar-refractivity contribution in [2.24, 2.45) is 0 Å². The zero-order chi connectivity index (χ0) is 12.4. The fraction of sp³-hybridized carbons (Fsp3) is 0.308. The van der Waals surface area contributed by atoms with E-state index in [4.69, 9.17) is 0 Å². The highest BCUT2D eigenvalue weighted by Crippen LogP contribution is 2.24. The van der Waals surface area contributed by atoms with E-state index in [9.17, 15) is 0 Å². The van der Waals surface area contributed by atoms with E-state index < -0.39 is 0 Å². The molecular weight excluding hydrogens is 226 g/mol. The zero-order valence-electron chi connectivity index (χ0n) is 10.2. The maximum absolute atomic E-state index is 4.44. The molecule has 0 bridgehead atoms. The summed E-state index contributed by atoms with van der Waals surface area (Å²) in [5, 5.41) is 6.48. The Bertz CT molecular complexity index is 536. The van der Waals surface area contributed by atoms with Crippen molar-refractivity contribution in [2.45, 2.75) is 25.8 Å². The molecule has 1 saturated carbocycles. The second-order valence-electron chi connectivity index (χ2n) is 4.48. The minimum absolute atomic E-state index is 0.580. The first-order valence-electron chi connectivity index (χ1n) is 6.10. The molecule has 18 heavy (non-hydrogen) atoms. The van der Waals surface area contributed by atoms with Gasteiger partial charge in [0.2, 0.25) is 5.95 Å². The summed E-state index contributed by atoms with van der Waals surface area (Å²) in [7, 11) is 0. The third kappa shape index (κ3) is 2.74. The van der Waals surface area contributed by atoms with E-state index >= 15 is 0 Å². The van der Waals surface area contributed by atoms with Crippen LogP contribution < -0.4 is 10.6 Å². The first-order chi connectivity index (χ1) is 8.79. The number of aryl methyl sites for hydroxylation is 1. The Morgan fingerprint density at radius 3 is 2.78 bits per heavy atom. The Labute approximate surface area is 106 Å². The molecule has 5 nitrogen and oxygen atoms in total. The molecule has 0 amide bonds. The topological polar surface area (TPSA) is 62.7 Å². The summed E-state index contributed by atoms with van der Waals surface area (Å²) < 4.78 is 0. The van der Waals surface area contributed by atoms with Crippen LogP contribution in [0.4, 0.5) is 17.6 Å². The summed E-state index contributed by atoms with van der Waals surface area (Å²) in [4.78, 5) is 13.0. The molecule has 2 aromatic rings. The third-order valence-electron chi connectivity index (χ3n) is 2.69. The van der Waals surface area contributed by atoms with Gasteiger partial charge >= 0.3 is 0 Å². The highest BCUT2D eigenvalue weighted by atomic mass is 15.2. The van der Waals surface area contributed by atoms with Gasteiger partial charge in [-0.2, -0.15) is 4.98 Å². The molecule has 0 unspecified atom stereocenters. The molecule has 2 N–H and O–H groups in total. The van der Waals surface area contributed by atoms with Crippen LogP contribution in [0.5, 0.6) is 0 Å². The molecular formula is C13H15N5. The standard InChI is InChI=1S/C13H15N5/c1-9-8-12(16-10-5-6-10)18-13(15-9)17-11-4-2-3-7-14-11/h2-4,7-8,10H,5-6H2,1H3,(H2,14,15,16,17,18). The van der Waals surface area contributed by atoms with Crippen molar-refractivity contribution in [1.82, 2.24) is 15.0 Å². The van der Waals surface area contributed by atoms with Gasteiger partial charge in [-0.15, -0.1) is 0 Å². The van der Waals surface area contributed by atoms with Gasteiger partial charge in [-0.05, 0) is 31.9 Å². The highest BCUT2D eigenvalue weighted by Gasteiger charge is 2.21. The minimum atomic E-state index is 0.580. The van der Waals surface area contributed by atoms with Gasteiger partial charge in [-0.25, -0.2) is 9.97 Å². The maximum Gasteiger partial charge on any atom is 0.230 e. The number of nitrogens with zero attached hydrogens (tertiary/aromatic N) is 3. The van der Waals surface area contributed by atoms with Crippen molar-refractivity contribution in [1.29, 1.82) is 0 Å². The molecule has 0 saturated heterocycles. The van der Waals surface area contributed by atoms with Gasteiger partial charge in [0.05, 0.1) is 0 Å². The lowest BCUT2D eigenvalue weighted by atomic mass is 10.4. The lowest BCUT2D eigenvalue weighted by Crippen LogP contribution is -2.07. The predicted molar refractivity (Wildman–Crippen MR) is 70.9 cm³/mol. The summed E-state index contributed by atoms with van der Waals surface area (Å²) in [6, 6.07) is 8.24. The number of pyridine rings is 1. The highest BCUT2D eigenvalue weighted by molar-refractivity contribution is 5.51. The van der Waals surface area contributed by atoms with Crippen LogP contribution in [0.2, 0.25) is 0 Å². The SMILES string of the molecule is Cc1cc(NC2CC2)nc(Nc2ccccn2)n1. The number of rotatable bonds is 4. The average Bonchev–Trinajstić information content (AvgIpc) is 3.13. The van der Waals surface area contributed by atoms with Gasteiger partial charge in [0, 0.05) is 24.0 Å². The van der Waals surface area contributed by atoms with E-state index in [1.807, 2.05) is 31.2 Å². The predicted octanol–water partition coefficient (Wildman–Crippen LogP) is 2.50. The van der Waals surface area contributed by atoms with Crippen LogP contribution >= 0.6 is 0 Å². The lowest BCUT2D eigenvalue weighted by Gasteiger charge is -2.08. The first-order valence-corrected chi connectivity index (χ1v) is 6.10. The van der Waals surface area contributed by atoms with Crippen LogP contribution in [0.1, 0.15) is 18.5 Å². The molecule has 0 spiro atoms. The largest absolute Gasteiger partial charge is 0.367 e. The number of nitrogens with one attached hydrogen (secondary N) is 2. The van der Waals surface area contributed by atoms with Crippen molar-refractivity contribution in [2.75, 3.05) is 10.6 Å². The maximum atomic E-state index is 4.44. The van der Waals surface area contributed by atoms with E-state index in [0.717, 1.165) is 17.3 Å². The Morgan fingerprint density at radius 1 is 1.17 bits per heavy atom. The fourth-order valence-corrected chi connectivity index (χ4v) is 1.69. The smallest absolute Gasteiger partial charge is 0.230 e. The van der Waals surface area contributed by atoms with Crippen LogP contribution in [0.15, 0.2) is 30.5 Å². The van der Waals surface area contributed by atoms with Gasteiger partial charge in [0.25, 0.3) is 0 Å². The number of anilines is 3. The van der Waals surface area contributed by atoms with E-state index in [0.29, 0.717) is 12.0 Å². The van der Waals surface area contributed by atoms with Crippen molar-refractivity contribution in [3.05, 3.63) is 36.2 Å². The van der Waals surface area contributed by atoms with Gasteiger partial charge in [-0.3, -0.25) is 0 Å². The average molecular weight is 241 g/mol. The molecule has 1 aliphatic carbocycles. The third-order valence-corrected chi connectivity index (χ3v) is 2.69. The van der Waals surface area contributed by atoms with Gasteiger partial charge in [0.15, 0.2) is 0 Å². The normalized spacial score (nSPS) is 14.3. The van der Waals surface area contributed by atoms with Gasteiger partial charge < -0.3 is 10.6 Å². The monoisotopic (exact) mass is 241 g/mol. The zero-order valence-corrected chi connectivity index (χ0v) is 10.2. The van der Waals surface area contributed by atoms with Crippen LogP contribution in [0.25, 0.3) is 0 Å². The molecule has 5 heteroatoms. The minimum Gasteiger partial charge on any atom is -0.367 e. The van der Waals surface area contributed by atoms with E-state index in [1.165, 1.54) is 12.8 Å². The Kier molecular flexibility index (Phi) is 2.80. The molecule has 0 atom stereocenters. The molecule has 92 valence electrons. The second kappa shape index (κ2) is 4.60. The van der Waals surface area contributed by atoms with Gasteiger partial charge in [0.1, 0.15) is 11.6 Å². The lowest BCUT2D eigenvalue weighted by molar-refractivity contribution is 1.05.